The van der Waals surface area contributed by atoms with E-state index in [1.54, 1.807) is 17.6 Å². The van der Waals surface area contributed by atoms with Gasteiger partial charge in [0.05, 0.1) is 22.1 Å². The molecule has 2 aromatic carbocycles. The Balaban J connectivity index is 1.82. The van der Waals surface area contributed by atoms with Crippen LogP contribution in [0.2, 0.25) is 0 Å². The average molecular weight is 267 g/mol. The summed E-state index contributed by atoms with van der Waals surface area (Å²) in [4.78, 5) is 4.52. The van der Waals surface area contributed by atoms with E-state index in [0.717, 1.165) is 16.2 Å². The highest BCUT2D eigenvalue weighted by Gasteiger charge is 2.01. The molecule has 0 atom stereocenters. The van der Waals surface area contributed by atoms with Crippen LogP contribution in [-0.4, -0.2) is 18.2 Å². The highest BCUT2D eigenvalue weighted by atomic mass is 32.1. The number of aromatic nitrogens is 1. The van der Waals surface area contributed by atoms with Crippen LogP contribution in [0.15, 0.2) is 59.7 Å². The van der Waals surface area contributed by atoms with Crippen LogP contribution in [-0.2, 0) is 0 Å². The second kappa shape index (κ2) is 5.20. The molecule has 94 valence electrons. The monoisotopic (exact) mass is 267 g/mol. The molecule has 0 aliphatic rings. The number of para-hydroxylation sites is 2. The Hall–Kier alpha value is -2.20. The molecule has 1 aromatic heterocycles. The zero-order chi connectivity index (χ0) is 13.1. The molecule has 0 aliphatic carbocycles. The quantitative estimate of drug-likeness (QED) is 0.534. The topological polar surface area (TPSA) is 28.5 Å². The van der Waals surface area contributed by atoms with Crippen LogP contribution in [0.1, 0.15) is 5.01 Å². The van der Waals surface area contributed by atoms with Gasteiger partial charge in [-0.1, -0.05) is 30.3 Å². The number of fused-ring (bicyclic) bond motifs is 1. The fourth-order valence-corrected chi connectivity index (χ4v) is 2.63. The summed E-state index contributed by atoms with van der Waals surface area (Å²) >= 11 is 1.65. The first-order valence-electron chi connectivity index (χ1n) is 6.01. The van der Waals surface area contributed by atoms with Crippen LogP contribution in [0.4, 0.5) is 5.69 Å². The summed E-state index contributed by atoms with van der Waals surface area (Å²) in [6.45, 7) is 0. The van der Waals surface area contributed by atoms with E-state index < -0.39 is 0 Å². The molecule has 0 saturated heterocycles. The first-order chi connectivity index (χ1) is 9.33. The van der Waals surface area contributed by atoms with Crippen LogP contribution in [0.5, 0.6) is 0 Å². The molecule has 0 fully saturated rings. The smallest absolute Gasteiger partial charge is 0.137 e. The van der Waals surface area contributed by atoms with Crippen molar-refractivity contribution in [3.05, 3.63) is 59.6 Å². The summed E-state index contributed by atoms with van der Waals surface area (Å²) in [6, 6.07) is 18.2. The zero-order valence-corrected chi connectivity index (χ0v) is 11.3. The van der Waals surface area contributed by atoms with Gasteiger partial charge in [0.15, 0.2) is 0 Å². The van der Waals surface area contributed by atoms with E-state index in [9.17, 15) is 0 Å². The lowest BCUT2D eigenvalue weighted by atomic mass is 10.3. The Kier molecular flexibility index (Phi) is 3.25. The number of benzene rings is 2. The van der Waals surface area contributed by atoms with Gasteiger partial charge in [-0.05, 0) is 24.3 Å². The Morgan fingerprint density at radius 2 is 1.79 bits per heavy atom. The lowest BCUT2D eigenvalue weighted by Gasteiger charge is -2.11. The molecule has 0 saturated carbocycles. The van der Waals surface area contributed by atoms with Gasteiger partial charge in [0.1, 0.15) is 5.01 Å². The Morgan fingerprint density at radius 1 is 1.05 bits per heavy atom. The summed E-state index contributed by atoms with van der Waals surface area (Å²) in [5.41, 5.74) is 2.08. The van der Waals surface area contributed by atoms with Crippen molar-refractivity contribution in [3.63, 3.8) is 0 Å². The second-order valence-electron chi connectivity index (χ2n) is 4.12. The van der Waals surface area contributed by atoms with Gasteiger partial charge >= 0.3 is 0 Å². The van der Waals surface area contributed by atoms with Crippen molar-refractivity contribution in [3.8, 4) is 0 Å². The maximum atomic E-state index is 4.52. The number of rotatable bonds is 3. The van der Waals surface area contributed by atoms with E-state index in [1.807, 2.05) is 60.6 Å². The van der Waals surface area contributed by atoms with Gasteiger partial charge in [-0.3, -0.25) is 5.01 Å². The molecule has 19 heavy (non-hydrogen) atoms. The maximum Gasteiger partial charge on any atom is 0.137 e. The van der Waals surface area contributed by atoms with Crippen LogP contribution in [0.3, 0.4) is 0 Å². The molecule has 0 radical (unpaired) electrons. The van der Waals surface area contributed by atoms with Crippen LogP contribution in [0.25, 0.3) is 10.2 Å². The first kappa shape index (κ1) is 11.9. The standard InChI is InChI=1S/C15H13N3S/c1-18(12-7-3-2-4-8-12)16-11-15-17-13-9-5-6-10-14(13)19-15/h2-11H,1H3. The highest BCUT2D eigenvalue weighted by molar-refractivity contribution is 7.20. The normalized spacial score (nSPS) is 11.2. The van der Waals surface area contributed by atoms with Crippen LogP contribution in [0, 0.1) is 0 Å². The molecule has 0 bridgehead atoms. The molecular weight excluding hydrogens is 254 g/mol. The summed E-state index contributed by atoms with van der Waals surface area (Å²) < 4.78 is 1.19. The van der Waals surface area contributed by atoms with Gasteiger partial charge < -0.3 is 0 Å². The van der Waals surface area contributed by atoms with E-state index in [2.05, 4.69) is 16.2 Å². The molecular formula is C15H13N3S. The average Bonchev–Trinajstić information content (AvgIpc) is 2.88. The van der Waals surface area contributed by atoms with Crippen molar-refractivity contribution in [2.75, 3.05) is 12.1 Å². The van der Waals surface area contributed by atoms with Gasteiger partial charge in [0.25, 0.3) is 0 Å². The van der Waals surface area contributed by atoms with Crippen molar-refractivity contribution in [2.24, 2.45) is 5.10 Å². The summed E-state index contributed by atoms with van der Waals surface area (Å²) in [6.07, 6.45) is 1.80. The molecule has 4 heteroatoms. The van der Waals surface area contributed by atoms with E-state index in [1.165, 1.54) is 4.70 Å². The lowest BCUT2D eigenvalue weighted by Crippen LogP contribution is -2.08. The number of hydrogen-bond acceptors (Lipinski definition) is 4. The summed E-state index contributed by atoms with van der Waals surface area (Å²) in [7, 11) is 1.93. The number of anilines is 1. The number of thiazole rings is 1. The first-order valence-corrected chi connectivity index (χ1v) is 6.83. The number of hydrazone groups is 1. The fourth-order valence-electron chi connectivity index (χ4n) is 1.79. The second-order valence-corrected chi connectivity index (χ2v) is 5.19. The maximum absolute atomic E-state index is 4.52. The Morgan fingerprint density at radius 3 is 2.58 bits per heavy atom. The van der Waals surface area contributed by atoms with Crippen molar-refractivity contribution in [2.45, 2.75) is 0 Å². The van der Waals surface area contributed by atoms with Crippen LogP contribution < -0.4 is 5.01 Å². The van der Waals surface area contributed by atoms with Crippen molar-refractivity contribution >= 4 is 33.5 Å². The highest BCUT2D eigenvalue weighted by Crippen LogP contribution is 2.20. The molecule has 1 heterocycles. The van der Waals surface area contributed by atoms with Crippen molar-refractivity contribution in [1.82, 2.24) is 4.98 Å². The van der Waals surface area contributed by atoms with E-state index in [-0.39, 0.29) is 0 Å². The van der Waals surface area contributed by atoms with Gasteiger partial charge in [0, 0.05) is 7.05 Å². The molecule has 3 rings (SSSR count). The molecule has 0 unspecified atom stereocenters. The molecule has 3 nitrogen and oxygen atoms in total. The van der Waals surface area contributed by atoms with E-state index >= 15 is 0 Å². The van der Waals surface area contributed by atoms with Gasteiger partial charge in [-0.15, -0.1) is 11.3 Å². The molecule has 0 aliphatic heterocycles. The lowest BCUT2D eigenvalue weighted by molar-refractivity contribution is 1.02. The third-order valence-corrected chi connectivity index (χ3v) is 3.75. The van der Waals surface area contributed by atoms with Crippen LogP contribution >= 0.6 is 11.3 Å². The predicted octanol–water partition coefficient (Wildman–Crippen LogP) is 3.77. The van der Waals surface area contributed by atoms with Gasteiger partial charge in [0.2, 0.25) is 0 Å². The molecule has 0 N–H and O–H groups in total. The van der Waals surface area contributed by atoms with Crippen molar-refractivity contribution < 1.29 is 0 Å². The molecule has 0 amide bonds. The van der Waals surface area contributed by atoms with Crippen molar-refractivity contribution in [1.29, 1.82) is 0 Å². The SMILES string of the molecule is CN(N=Cc1nc2ccccc2s1)c1ccccc1. The predicted molar refractivity (Wildman–Crippen MR) is 82.1 cm³/mol. The minimum Gasteiger partial charge on any atom is -0.269 e. The Bertz CT molecular complexity index is 670. The Labute approximate surface area is 115 Å². The minimum absolute atomic E-state index is 0.920. The number of hydrogen-bond donors (Lipinski definition) is 0. The summed E-state index contributed by atoms with van der Waals surface area (Å²) in [5.74, 6) is 0. The third-order valence-electron chi connectivity index (χ3n) is 2.78. The zero-order valence-electron chi connectivity index (χ0n) is 10.5. The molecule has 3 aromatic rings. The third kappa shape index (κ3) is 2.63. The largest absolute Gasteiger partial charge is 0.269 e. The molecule has 0 spiro atoms. The van der Waals surface area contributed by atoms with Gasteiger partial charge in [-0.25, -0.2) is 4.98 Å². The van der Waals surface area contributed by atoms with E-state index in [4.69, 9.17) is 0 Å². The summed E-state index contributed by atoms with van der Waals surface area (Å²) in [5, 5.41) is 7.18. The number of nitrogens with zero attached hydrogens (tertiary/aromatic N) is 3. The fraction of sp³-hybridized carbons (Fsp3) is 0.0667. The minimum atomic E-state index is 0.920. The van der Waals surface area contributed by atoms with E-state index in [0.29, 0.717) is 0 Å². The van der Waals surface area contributed by atoms with Gasteiger partial charge in [-0.2, -0.15) is 5.10 Å².